The molecule has 0 unspecified atom stereocenters. The van der Waals surface area contributed by atoms with Crippen LogP contribution >= 0.6 is 11.6 Å². The van der Waals surface area contributed by atoms with Crippen molar-refractivity contribution in [3.63, 3.8) is 0 Å². The normalized spacial score (nSPS) is 11.7. The number of alkyl halides is 3. The quantitative estimate of drug-likeness (QED) is 0.382. The number of nitrogens with zero attached hydrogens (tertiary/aromatic N) is 2. The summed E-state index contributed by atoms with van der Waals surface area (Å²) in [4.78, 5) is 12.0. The summed E-state index contributed by atoms with van der Waals surface area (Å²) >= 11 is 5.89. The second kappa shape index (κ2) is 9.48. The highest BCUT2D eigenvalue weighted by Crippen LogP contribution is 2.31. The van der Waals surface area contributed by atoms with Crippen molar-refractivity contribution in [2.24, 2.45) is 5.10 Å². The summed E-state index contributed by atoms with van der Waals surface area (Å²) in [6.45, 7) is 5.13. The zero-order valence-corrected chi connectivity index (χ0v) is 18.4. The number of rotatable bonds is 6. The van der Waals surface area contributed by atoms with Crippen LogP contribution in [-0.4, -0.2) is 23.3 Å². The van der Waals surface area contributed by atoms with E-state index in [1.807, 2.05) is 6.92 Å². The number of nitrogens with one attached hydrogen (secondary N) is 1. The Labute approximate surface area is 188 Å². The molecule has 3 rings (SSSR count). The van der Waals surface area contributed by atoms with Crippen molar-refractivity contribution in [1.82, 2.24) is 9.99 Å². The van der Waals surface area contributed by atoms with Crippen molar-refractivity contribution in [3.8, 4) is 11.4 Å². The third-order valence-electron chi connectivity index (χ3n) is 4.79. The number of benzene rings is 2. The first-order valence-corrected chi connectivity index (χ1v) is 10.0. The largest absolute Gasteiger partial charge is 0.483 e. The van der Waals surface area contributed by atoms with E-state index in [9.17, 15) is 18.0 Å². The van der Waals surface area contributed by atoms with Crippen LogP contribution in [0.5, 0.6) is 5.75 Å². The monoisotopic (exact) mass is 463 g/mol. The molecule has 0 saturated heterocycles. The highest BCUT2D eigenvalue weighted by Gasteiger charge is 2.30. The minimum Gasteiger partial charge on any atom is -0.483 e. The van der Waals surface area contributed by atoms with E-state index < -0.39 is 17.6 Å². The maximum Gasteiger partial charge on any atom is 0.416 e. The average molecular weight is 464 g/mol. The van der Waals surface area contributed by atoms with Crippen LogP contribution in [0.3, 0.4) is 0 Å². The van der Waals surface area contributed by atoms with E-state index in [1.54, 1.807) is 48.7 Å². The molecular weight excluding hydrogens is 443 g/mol. The predicted molar refractivity (Wildman–Crippen MR) is 118 cm³/mol. The molecule has 0 fully saturated rings. The lowest BCUT2D eigenvalue weighted by Gasteiger charge is -2.13. The Kier molecular flexibility index (Phi) is 6.93. The summed E-state index contributed by atoms with van der Waals surface area (Å²) < 4.78 is 46.3. The predicted octanol–water partition coefficient (Wildman–Crippen LogP) is 5.60. The first-order chi connectivity index (χ1) is 15.1. The molecule has 1 amide bonds. The third kappa shape index (κ3) is 5.50. The summed E-state index contributed by atoms with van der Waals surface area (Å²) in [5.74, 6) is 0.0837. The number of carbonyl (C=O) groups is 1. The van der Waals surface area contributed by atoms with Crippen LogP contribution in [0.2, 0.25) is 5.02 Å². The van der Waals surface area contributed by atoms with Gasteiger partial charge in [0.15, 0.2) is 6.61 Å². The van der Waals surface area contributed by atoms with Crippen LogP contribution in [-0.2, 0) is 11.0 Å². The molecule has 168 valence electrons. The molecule has 1 N–H and O–H groups in total. The second-order valence-electron chi connectivity index (χ2n) is 7.20. The topological polar surface area (TPSA) is 55.6 Å². The molecule has 0 bridgehead atoms. The zero-order chi connectivity index (χ0) is 23.5. The number of ether oxygens (including phenoxy) is 1. The van der Waals surface area contributed by atoms with Gasteiger partial charge < -0.3 is 9.30 Å². The van der Waals surface area contributed by atoms with Crippen molar-refractivity contribution in [3.05, 3.63) is 81.6 Å². The Morgan fingerprint density at radius 2 is 1.91 bits per heavy atom. The zero-order valence-electron chi connectivity index (χ0n) is 17.6. The molecule has 0 atom stereocenters. The van der Waals surface area contributed by atoms with Gasteiger partial charge in [-0.15, -0.1) is 0 Å². The van der Waals surface area contributed by atoms with Crippen molar-refractivity contribution in [1.29, 1.82) is 0 Å². The van der Waals surface area contributed by atoms with Crippen LogP contribution in [0.1, 0.15) is 28.1 Å². The highest BCUT2D eigenvalue weighted by molar-refractivity contribution is 6.30. The average Bonchev–Trinajstić information content (AvgIpc) is 3.00. The maximum atomic E-state index is 13.1. The maximum absolute atomic E-state index is 13.1. The fourth-order valence-corrected chi connectivity index (χ4v) is 3.49. The molecule has 0 aliphatic rings. The van der Waals surface area contributed by atoms with Crippen LogP contribution < -0.4 is 10.2 Å². The van der Waals surface area contributed by atoms with Crippen LogP contribution in [0, 0.1) is 20.8 Å². The first-order valence-electron chi connectivity index (χ1n) is 9.63. The van der Waals surface area contributed by atoms with Crippen molar-refractivity contribution >= 4 is 23.7 Å². The molecule has 0 saturated carbocycles. The van der Waals surface area contributed by atoms with Crippen LogP contribution in [0.15, 0.2) is 53.6 Å². The highest BCUT2D eigenvalue weighted by atomic mass is 35.5. The number of hydrogen-bond donors (Lipinski definition) is 1. The van der Waals surface area contributed by atoms with Gasteiger partial charge in [0.25, 0.3) is 5.91 Å². The molecule has 0 radical (unpaired) electrons. The van der Waals surface area contributed by atoms with E-state index in [2.05, 4.69) is 10.5 Å². The minimum atomic E-state index is -4.42. The van der Waals surface area contributed by atoms with E-state index in [0.717, 1.165) is 23.4 Å². The van der Waals surface area contributed by atoms with Crippen LogP contribution in [0.25, 0.3) is 5.69 Å². The lowest BCUT2D eigenvalue weighted by atomic mass is 10.2. The summed E-state index contributed by atoms with van der Waals surface area (Å²) in [5.41, 5.74) is 4.93. The van der Waals surface area contributed by atoms with E-state index in [4.69, 9.17) is 16.3 Å². The summed E-state index contributed by atoms with van der Waals surface area (Å²) in [7, 11) is 0. The van der Waals surface area contributed by atoms with E-state index in [1.165, 1.54) is 12.3 Å². The molecule has 5 nitrogen and oxygen atoms in total. The lowest BCUT2D eigenvalue weighted by molar-refractivity contribution is -0.137. The Hall–Kier alpha value is -3.26. The number of aryl methyl sites for hydroxylation is 2. The van der Waals surface area contributed by atoms with Gasteiger partial charge in [-0.3, -0.25) is 4.79 Å². The van der Waals surface area contributed by atoms with Gasteiger partial charge in [0, 0.05) is 27.7 Å². The number of aromatic nitrogens is 1. The van der Waals surface area contributed by atoms with Crippen molar-refractivity contribution in [2.75, 3.05) is 6.61 Å². The summed E-state index contributed by atoms with van der Waals surface area (Å²) in [5, 5.41) is 4.51. The summed E-state index contributed by atoms with van der Waals surface area (Å²) in [6.07, 6.45) is -2.98. The van der Waals surface area contributed by atoms with Gasteiger partial charge >= 0.3 is 6.18 Å². The molecule has 32 heavy (non-hydrogen) atoms. The van der Waals surface area contributed by atoms with E-state index >= 15 is 0 Å². The van der Waals surface area contributed by atoms with E-state index in [0.29, 0.717) is 27.7 Å². The Balaban J connectivity index is 1.68. The standard InChI is InChI=1S/C23H21ClF3N3O2/c1-14-9-19(24)7-8-21(14)32-13-22(31)29-28-12-17-10-15(2)30(16(17)3)20-6-4-5-18(11-20)23(25,26)27/h4-12H,13H2,1-3H3,(H,29,31). The van der Waals surface area contributed by atoms with Crippen molar-refractivity contribution < 1.29 is 22.7 Å². The van der Waals surface area contributed by atoms with E-state index in [-0.39, 0.29) is 6.61 Å². The van der Waals surface area contributed by atoms with Gasteiger partial charge in [0.1, 0.15) is 5.75 Å². The summed E-state index contributed by atoms with van der Waals surface area (Å²) in [6, 6.07) is 12.0. The SMILES string of the molecule is Cc1cc(Cl)ccc1OCC(=O)NN=Cc1cc(C)n(-c2cccc(C(F)(F)F)c2)c1C. The molecule has 0 aliphatic carbocycles. The number of carbonyl (C=O) groups excluding carboxylic acids is 1. The molecular formula is C23H21ClF3N3O2. The molecule has 0 spiro atoms. The molecule has 1 heterocycles. The fraction of sp³-hybridized carbons (Fsp3) is 0.217. The second-order valence-corrected chi connectivity index (χ2v) is 7.64. The minimum absolute atomic E-state index is 0.233. The number of amides is 1. The Morgan fingerprint density at radius 1 is 1.16 bits per heavy atom. The Bertz CT molecular complexity index is 1170. The molecule has 9 heteroatoms. The third-order valence-corrected chi connectivity index (χ3v) is 5.03. The molecule has 1 aromatic heterocycles. The fourth-order valence-electron chi connectivity index (χ4n) is 3.26. The van der Waals surface area contributed by atoms with Gasteiger partial charge in [-0.25, -0.2) is 5.43 Å². The first kappa shape index (κ1) is 23.4. The molecule has 2 aromatic carbocycles. The van der Waals surface area contributed by atoms with Gasteiger partial charge in [-0.05, 0) is 68.8 Å². The number of halogens is 4. The molecule has 3 aromatic rings. The smallest absolute Gasteiger partial charge is 0.416 e. The number of hydrazone groups is 1. The van der Waals surface area contributed by atoms with Crippen molar-refractivity contribution in [2.45, 2.75) is 26.9 Å². The lowest BCUT2D eigenvalue weighted by Crippen LogP contribution is -2.24. The Morgan fingerprint density at radius 3 is 2.59 bits per heavy atom. The van der Waals surface area contributed by atoms with Gasteiger partial charge in [-0.1, -0.05) is 17.7 Å². The van der Waals surface area contributed by atoms with Gasteiger partial charge in [0.2, 0.25) is 0 Å². The van der Waals surface area contributed by atoms with Gasteiger partial charge in [0.05, 0.1) is 11.8 Å². The molecule has 0 aliphatic heterocycles. The van der Waals surface area contributed by atoms with Crippen LogP contribution in [0.4, 0.5) is 13.2 Å². The van der Waals surface area contributed by atoms with Gasteiger partial charge in [-0.2, -0.15) is 18.3 Å². The number of hydrogen-bond acceptors (Lipinski definition) is 3.